The first-order valence-electron chi connectivity index (χ1n) is 9.65. The van der Waals surface area contributed by atoms with Gasteiger partial charge in [-0.05, 0) is 37.0 Å². The van der Waals surface area contributed by atoms with Crippen molar-refractivity contribution in [2.24, 2.45) is 5.92 Å². The van der Waals surface area contributed by atoms with Gasteiger partial charge >= 0.3 is 6.03 Å². The number of urea groups is 1. The minimum Gasteiger partial charge on any atom is -0.493 e. The first-order valence-corrected chi connectivity index (χ1v) is 9.65. The number of hydrogen-bond donors (Lipinski definition) is 2. The smallest absolute Gasteiger partial charge is 0.344 e. The van der Waals surface area contributed by atoms with Crippen molar-refractivity contribution < 1.29 is 23.9 Å². The summed E-state index contributed by atoms with van der Waals surface area (Å²) < 4.78 is 11.0. The molecule has 152 valence electrons. The molecule has 1 saturated heterocycles. The zero-order valence-corrected chi connectivity index (χ0v) is 16.5. The maximum Gasteiger partial charge on any atom is 0.344 e. The maximum absolute atomic E-state index is 12.8. The fourth-order valence-corrected chi connectivity index (χ4v) is 3.57. The first-order chi connectivity index (χ1) is 13.4. The fraction of sp³-hybridized carbons (Fsp3) is 0.550. The summed E-state index contributed by atoms with van der Waals surface area (Å²) in [6.45, 7) is 4.59. The number of rotatable bonds is 6. The van der Waals surface area contributed by atoms with Gasteiger partial charge in [-0.1, -0.05) is 33.1 Å². The van der Waals surface area contributed by atoms with E-state index in [1.165, 1.54) is 13.2 Å². The van der Waals surface area contributed by atoms with E-state index in [0.29, 0.717) is 36.9 Å². The highest BCUT2D eigenvalue weighted by Crippen LogP contribution is 2.33. The van der Waals surface area contributed by atoms with Gasteiger partial charge in [-0.15, -0.1) is 0 Å². The number of carbonyl (C=O) groups excluding carboxylic acids is 3. The van der Waals surface area contributed by atoms with Crippen LogP contribution < -0.4 is 20.2 Å². The molecule has 2 fully saturated rings. The quantitative estimate of drug-likeness (QED) is 0.729. The second-order valence-corrected chi connectivity index (χ2v) is 7.72. The lowest BCUT2D eigenvalue weighted by molar-refractivity contribution is -0.134. The number of amides is 4. The normalized spacial score (nSPS) is 18.4. The Balaban J connectivity index is 1.72. The summed E-state index contributed by atoms with van der Waals surface area (Å²) in [5.74, 6) is 0.331. The lowest BCUT2D eigenvalue weighted by atomic mass is 9.82. The molecule has 0 radical (unpaired) electrons. The molecule has 2 N–H and O–H groups in total. The van der Waals surface area contributed by atoms with Crippen molar-refractivity contribution >= 4 is 17.8 Å². The molecule has 1 spiro atoms. The standard InChI is InChI=1S/C20H27N3O5/c1-13(2)12-28-15-8-7-14(11-16(15)27-3)17(24)22-23-18(25)20(21-19(23)26)9-5-4-6-10-20/h7-8,11,13H,4-6,9-10,12H2,1-3H3,(H,21,26)(H,22,24). The third-order valence-corrected chi connectivity index (χ3v) is 5.08. The molecular weight excluding hydrogens is 362 g/mol. The number of imide groups is 1. The molecule has 8 nitrogen and oxygen atoms in total. The molecule has 28 heavy (non-hydrogen) atoms. The Bertz CT molecular complexity index is 771. The van der Waals surface area contributed by atoms with Crippen LogP contribution in [0, 0.1) is 5.92 Å². The van der Waals surface area contributed by atoms with Crippen LogP contribution in [0.1, 0.15) is 56.3 Å². The number of methoxy groups -OCH3 is 1. The molecule has 0 unspecified atom stereocenters. The topological polar surface area (TPSA) is 97.0 Å². The molecule has 8 heteroatoms. The molecule has 0 aromatic heterocycles. The zero-order chi connectivity index (χ0) is 20.3. The van der Waals surface area contributed by atoms with Crippen molar-refractivity contribution in [3.05, 3.63) is 23.8 Å². The average Bonchev–Trinajstić information content (AvgIpc) is 2.90. The van der Waals surface area contributed by atoms with E-state index < -0.39 is 23.4 Å². The number of hydrazine groups is 1. The molecule has 1 aliphatic heterocycles. The van der Waals surface area contributed by atoms with E-state index in [4.69, 9.17) is 9.47 Å². The highest BCUT2D eigenvalue weighted by molar-refractivity contribution is 6.09. The molecule has 1 saturated carbocycles. The Morgan fingerprint density at radius 1 is 1.21 bits per heavy atom. The summed E-state index contributed by atoms with van der Waals surface area (Å²) in [4.78, 5) is 37.7. The summed E-state index contributed by atoms with van der Waals surface area (Å²) in [5, 5.41) is 3.56. The lowest BCUT2D eigenvalue weighted by Crippen LogP contribution is -2.50. The Kier molecular flexibility index (Phi) is 5.76. The maximum atomic E-state index is 12.8. The third-order valence-electron chi connectivity index (χ3n) is 5.08. The van der Waals surface area contributed by atoms with Gasteiger partial charge in [0.25, 0.3) is 11.8 Å². The predicted molar refractivity (Wildman–Crippen MR) is 102 cm³/mol. The van der Waals surface area contributed by atoms with Crippen LogP contribution in [0.3, 0.4) is 0 Å². The first kappa shape index (κ1) is 20.0. The molecule has 1 heterocycles. The molecule has 0 bridgehead atoms. The molecule has 3 rings (SSSR count). The van der Waals surface area contributed by atoms with Crippen molar-refractivity contribution in [2.75, 3.05) is 13.7 Å². The minimum absolute atomic E-state index is 0.263. The summed E-state index contributed by atoms with van der Waals surface area (Å²) >= 11 is 0. The second-order valence-electron chi connectivity index (χ2n) is 7.72. The van der Waals surface area contributed by atoms with Crippen LogP contribution in [-0.4, -0.2) is 42.1 Å². The van der Waals surface area contributed by atoms with Gasteiger partial charge in [0.1, 0.15) is 5.54 Å². The highest BCUT2D eigenvalue weighted by atomic mass is 16.5. The van der Waals surface area contributed by atoms with Gasteiger partial charge in [-0.25, -0.2) is 4.79 Å². The van der Waals surface area contributed by atoms with E-state index in [9.17, 15) is 14.4 Å². The van der Waals surface area contributed by atoms with Gasteiger partial charge in [0.2, 0.25) is 0 Å². The second kappa shape index (κ2) is 8.08. The highest BCUT2D eigenvalue weighted by Gasteiger charge is 2.52. The third kappa shape index (κ3) is 3.90. The van der Waals surface area contributed by atoms with Crippen LogP contribution in [0.5, 0.6) is 11.5 Å². The molecule has 1 aromatic rings. The number of benzene rings is 1. The summed E-state index contributed by atoms with van der Waals surface area (Å²) in [5.41, 5.74) is 1.81. The number of ether oxygens (including phenoxy) is 2. The molecular formula is C20H27N3O5. The van der Waals surface area contributed by atoms with Gasteiger partial charge < -0.3 is 14.8 Å². The molecule has 4 amide bonds. The van der Waals surface area contributed by atoms with Crippen molar-refractivity contribution in [3.8, 4) is 11.5 Å². The number of carbonyl (C=O) groups is 3. The van der Waals surface area contributed by atoms with Gasteiger partial charge in [-0.2, -0.15) is 5.01 Å². The molecule has 1 aliphatic carbocycles. The van der Waals surface area contributed by atoms with Gasteiger partial charge in [0.05, 0.1) is 13.7 Å². The fourth-order valence-electron chi connectivity index (χ4n) is 3.57. The van der Waals surface area contributed by atoms with Crippen LogP contribution in [-0.2, 0) is 4.79 Å². The van der Waals surface area contributed by atoms with E-state index in [-0.39, 0.29) is 5.56 Å². The largest absolute Gasteiger partial charge is 0.493 e. The van der Waals surface area contributed by atoms with Crippen molar-refractivity contribution in [2.45, 2.75) is 51.5 Å². The van der Waals surface area contributed by atoms with Gasteiger partial charge in [-0.3, -0.25) is 15.0 Å². The van der Waals surface area contributed by atoms with E-state index in [1.807, 2.05) is 13.8 Å². The van der Waals surface area contributed by atoms with Gasteiger partial charge in [0.15, 0.2) is 11.5 Å². The van der Waals surface area contributed by atoms with Gasteiger partial charge in [0, 0.05) is 5.56 Å². The van der Waals surface area contributed by atoms with Crippen LogP contribution in [0.25, 0.3) is 0 Å². The Morgan fingerprint density at radius 2 is 1.93 bits per heavy atom. The van der Waals surface area contributed by atoms with Crippen molar-refractivity contribution in [1.29, 1.82) is 0 Å². The zero-order valence-electron chi connectivity index (χ0n) is 16.5. The van der Waals surface area contributed by atoms with Crippen molar-refractivity contribution in [3.63, 3.8) is 0 Å². The van der Waals surface area contributed by atoms with Crippen LogP contribution in [0.15, 0.2) is 18.2 Å². The molecule has 2 aliphatic rings. The Morgan fingerprint density at radius 3 is 2.57 bits per heavy atom. The average molecular weight is 389 g/mol. The van der Waals surface area contributed by atoms with Crippen molar-refractivity contribution in [1.82, 2.24) is 15.8 Å². The SMILES string of the molecule is COc1cc(C(=O)NN2C(=O)NC3(CCCCC3)C2=O)ccc1OCC(C)C. The number of nitrogens with zero attached hydrogens (tertiary/aromatic N) is 1. The summed E-state index contributed by atoms with van der Waals surface area (Å²) in [6.07, 6.45) is 3.99. The van der Waals surface area contributed by atoms with Crippen LogP contribution in [0.2, 0.25) is 0 Å². The van der Waals surface area contributed by atoms with E-state index >= 15 is 0 Å². The summed E-state index contributed by atoms with van der Waals surface area (Å²) in [7, 11) is 1.49. The monoisotopic (exact) mass is 389 g/mol. The minimum atomic E-state index is -0.880. The predicted octanol–water partition coefficient (Wildman–Crippen LogP) is 2.63. The lowest BCUT2D eigenvalue weighted by Gasteiger charge is -2.30. The van der Waals surface area contributed by atoms with E-state index in [1.54, 1.807) is 12.1 Å². The molecule has 1 aromatic carbocycles. The Labute approximate surface area is 164 Å². The van der Waals surface area contributed by atoms with Crippen LogP contribution in [0.4, 0.5) is 4.79 Å². The Hall–Kier alpha value is -2.77. The molecule has 0 atom stereocenters. The van der Waals surface area contributed by atoms with E-state index in [0.717, 1.165) is 24.3 Å². The number of hydrogen-bond acceptors (Lipinski definition) is 5. The summed E-state index contributed by atoms with van der Waals surface area (Å²) in [6, 6.07) is 4.15. The number of nitrogens with one attached hydrogen (secondary N) is 2. The van der Waals surface area contributed by atoms with E-state index in [2.05, 4.69) is 10.7 Å². The van der Waals surface area contributed by atoms with Crippen LogP contribution >= 0.6 is 0 Å².